The van der Waals surface area contributed by atoms with E-state index < -0.39 is 11.9 Å². The predicted octanol–water partition coefficient (Wildman–Crippen LogP) is 3.86. The van der Waals surface area contributed by atoms with E-state index >= 15 is 0 Å². The fourth-order valence-electron chi connectivity index (χ4n) is 3.63. The molecular weight excluding hydrogens is 400 g/mol. The van der Waals surface area contributed by atoms with E-state index in [4.69, 9.17) is 23.7 Å². The van der Waals surface area contributed by atoms with Crippen molar-refractivity contribution in [2.45, 2.75) is 19.8 Å². The van der Waals surface area contributed by atoms with Crippen LogP contribution in [0.3, 0.4) is 0 Å². The number of aromatic nitrogens is 1. The van der Waals surface area contributed by atoms with Crippen molar-refractivity contribution in [3.05, 3.63) is 59.1 Å². The maximum absolute atomic E-state index is 12.9. The molecule has 1 aromatic carbocycles. The summed E-state index contributed by atoms with van der Waals surface area (Å²) in [6.07, 6.45) is 3.52. The lowest BCUT2D eigenvalue weighted by atomic mass is 9.82. The Morgan fingerprint density at radius 1 is 1.13 bits per heavy atom. The first-order valence-electron chi connectivity index (χ1n) is 9.64. The smallest absolute Gasteiger partial charge is 0.338 e. The zero-order valence-electron chi connectivity index (χ0n) is 18.1. The molecule has 8 nitrogen and oxygen atoms in total. The molecule has 0 N–H and O–H groups in total. The van der Waals surface area contributed by atoms with E-state index in [1.807, 2.05) is 12.1 Å². The Hall–Kier alpha value is -3.86. The molecule has 2 aromatic rings. The van der Waals surface area contributed by atoms with Crippen LogP contribution in [0.1, 0.15) is 25.3 Å². The SMILES string of the molecule is CCOC(=O)C1=C(C)OC(n2cccc2)=C(C#N)[C@@H]1c1ccc(OC)c(OC)c1OC. The average Bonchev–Trinajstić information content (AvgIpc) is 3.32. The highest BCUT2D eigenvalue weighted by Gasteiger charge is 2.40. The molecule has 0 saturated carbocycles. The first-order chi connectivity index (χ1) is 15.0. The molecule has 3 rings (SSSR count). The van der Waals surface area contributed by atoms with Crippen LogP contribution in [-0.2, 0) is 14.3 Å². The summed E-state index contributed by atoms with van der Waals surface area (Å²) in [6.45, 7) is 3.57. The molecule has 1 atom stereocenters. The number of methoxy groups -OCH3 is 3. The highest BCUT2D eigenvalue weighted by Crippen LogP contribution is 2.49. The minimum Gasteiger partial charge on any atom is -0.493 e. The Balaban J connectivity index is 2.34. The number of rotatable bonds is 7. The van der Waals surface area contributed by atoms with Gasteiger partial charge in [-0.15, -0.1) is 0 Å². The zero-order valence-corrected chi connectivity index (χ0v) is 18.1. The number of benzene rings is 1. The monoisotopic (exact) mass is 424 g/mol. The standard InChI is InChI=1S/C23H24N2O6/c1-6-30-23(26)18-14(2)31-22(25-11-7-8-12-25)16(13-24)19(18)15-9-10-17(27-3)21(29-5)20(15)28-4/h7-12,19H,6H2,1-5H3/t19-/m0/s1. The van der Waals surface area contributed by atoms with Gasteiger partial charge >= 0.3 is 5.97 Å². The van der Waals surface area contributed by atoms with Crippen LogP contribution in [0.4, 0.5) is 0 Å². The van der Waals surface area contributed by atoms with Crippen LogP contribution in [0.15, 0.2) is 53.6 Å². The van der Waals surface area contributed by atoms with E-state index in [0.29, 0.717) is 34.5 Å². The van der Waals surface area contributed by atoms with Gasteiger partial charge in [0, 0.05) is 18.0 Å². The van der Waals surface area contributed by atoms with Crippen molar-refractivity contribution in [1.82, 2.24) is 4.57 Å². The molecule has 1 aliphatic heterocycles. The van der Waals surface area contributed by atoms with Gasteiger partial charge in [-0.2, -0.15) is 5.26 Å². The summed E-state index contributed by atoms with van der Waals surface area (Å²) in [6, 6.07) is 9.30. The number of allylic oxidation sites excluding steroid dienone is 2. The van der Waals surface area contributed by atoms with E-state index in [0.717, 1.165) is 0 Å². The summed E-state index contributed by atoms with van der Waals surface area (Å²) >= 11 is 0. The van der Waals surface area contributed by atoms with Crippen LogP contribution in [0.2, 0.25) is 0 Å². The fourth-order valence-corrected chi connectivity index (χ4v) is 3.63. The molecule has 1 aliphatic rings. The Kier molecular flexibility index (Phi) is 6.55. The highest BCUT2D eigenvalue weighted by molar-refractivity contribution is 5.94. The van der Waals surface area contributed by atoms with Gasteiger partial charge in [-0.1, -0.05) is 6.07 Å². The van der Waals surface area contributed by atoms with Crippen molar-refractivity contribution in [3.8, 4) is 23.3 Å². The molecule has 0 aliphatic carbocycles. The maximum Gasteiger partial charge on any atom is 0.338 e. The summed E-state index contributed by atoms with van der Waals surface area (Å²) in [4.78, 5) is 12.9. The summed E-state index contributed by atoms with van der Waals surface area (Å²) in [5.41, 5.74) is 1.00. The maximum atomic E-state index is 12.9. The Labute approximate surface area is 180 Å². The summed E-state index contributed by atoms with van der Waals surface area (Å²) in [5, 5.41) is 10.1. The molecule has 0 spiro atoms. The van der Waals surface area contributed by atoms with Crippen LogP contribution in [0.5, 0.6) is 17.2 Å². The number of nitrogens with zero attached hydrogens (tertiary/aromatic N) is 2. The van der Waals surface area contributed by atoms with Crippen molar-refractivity contribution < 1.29 is 28.5 Å². The van der Waals surface area contributed by atoms with Crippen LogP contribution in [0, 0.1) is 11.3 Å². The van der Waals surface area contributed by atoms with Gasteiger partial charge in [0.05, 0.1) is 39.4 Å². The Bertz CT molecular complexity index is 1080. The van der Waals surface area contributed by atoms with Gasteiger partial charge < -0.3 is 23.7 Å². The first-order valence-corrected chi connectivity index (χ1v) is 9.64. The van der Waals surface area contributed by atoms with E-state index in [9.17, 15) is 10.1 Å². The highest BCUT2D eigenvalue weighted by atomic mass is 16.5. The Morgan fingerprint density at radius 3 is 2.35 bits per heavy atom. The van der Waals surface area contributed by atoms with E-state index in [2.05, 4.69) is 6.07 Å². The molecule has 0 unspecified atom stereocenters. The van der Waals surface area contributed by atoms with E-state index in [1.165, 1.54) is 21.3 Å². The number of nitriles is 1. The Morgan fingerprint density at radius 2 is 1.81 bits per heavy atom. The number of carbonyl (C=O) groups excluding carboxylic acids is 1. The van der Waals surface area contributed by atoms with Gasteiger partial charge in [-0.3, -0.25) is 4.57 Å². The van der Waals surface area contributed by atoms with Gasteiger partial charge in [0.1, 0.15) is 17.4 Å². The molecule has 0 amide bonds. The third kappa shape index (κ3) is 3.82. The van der Waals surface area contributed by atoms with E-state index in [1.54, 1.807) is 42.9 Å². The molecular formula is C23H24N2O6. The lowest BCUT2D eigenvalue weighted by molar-refractivity contribution is -0.139. The number of hydrogen-bond acceptors (Lipinski definition) is 7. The first kappa shape index (κ1) is 21.8. The minimum atomic E-state index is -0.801. The molecule has 0 radical (unpaired) electrons. The second kappa shape index (κ2) is 9.30. The normalized spacial score (nSPS) is 15.8. The predicted molar refractivity (Wildman–Crippen MR) is 113 cm³/mol. The summed E-state index contributed by atoms with van der Waals surface area (Å²) < 4.78 is 29.4. The quantitative estimate of drug-likeness (QED) is 0.623. The number of esters is 1. The number of ether oxygens (including phenoxy) is 5. The molecule has 31 heavy (non-hydrogen) atoms. The number of hydrogen-bond donors (Lipinski definition) is 0. The van der Waals surface area contributed by atoms with Gasteiger partial charge in [0.25, 0.3) is 0 Å². The third-order valence-electron chi connectivity index (χ3n) is 4.94. The van der Waals surface area contributed by atoms with Crippen molar-refractivity contribution in [2.75, 3.05) is 27.9 Å². The van der Waals surface area contributed by atoms with Crippen LogP contribution >= 0.6 is 0 Å². The van der Waals surface area contributed by atoms with Crippen LogP contribution in [-0.4, -0.2) is 38.5 Å². The van der Waals surface area contributed by atoms with Gasteiger partial charge in [0.2, 0.25) is 11.6 Å². The van der Waals surface area contributed by atoms with Crippen molar-refractivity contribution in [1.29, 1.82) is 5.26 Å². The molecule has 2 heterocycles. The molecule has 1 aromatic heterocycles. The second-order valence-electron chi connectivity index (χ2n) is 6.57. The third-order valence-corrected chi connectivity index (χ3v) is 4.94. The lowest BCUT2D eigenvalue weighted by Crippen LogP contribution is -2.24. The largest absolute Gasteiger partial charge is 0.493 e. The fraction of sp³-hybridized carbons (Fsp3) is 0.304. The van der Waals surface area contributed by atoms with Crippen molar-refractivity contribution >= 4 is 11.9 Å². The zero-order chi connectivity index (χ0) is 22.5. The second-order valence-corrected chi connectivity index (χ2v) is 6.57. The van der Waals surface area contributed by atoms with Crippen molar-refractivity contribution in [3.63, 3.8) is 0 Å². The summed E-state index contributed by atoms with van der Waals surface area (Å²) in [7, 11) is 4.50. The van der Waals surface area contributed by atoms with Gasteiger partial charge in [-0.25, -0.2) is 4.79 Å². The topological polar surface area (TPSA) is 91.9 Å². The van der Waals surface area contributed by atoms with E-state index in [-0.39, 0.29) is 17.8 Å². The lowest BCUT2D eigenvalue weighted by Gasteiger charge is -2.30. The molecule has 0 fully saturated rings. The van der Waals surface area contributed by atoms with Crippen LogP contribution < -0.4 is 14.2 Å². The van der Waals surface area contributed by atoms with Gasteiger partial charge in [0.15, 0.2) is 11.5 Å². The van der Waals surface area contributed by atoms with Crippen LogP contribution in [0.25, 0.3) is 5.88 Å². The van der Waals surface area contributed by atoms with Gasteiger partial charge in [-0.05, 0) is 32.0 Å². The summed E-state index contributed by atoms with van der Waals surface area (Å²) in [5.74, 6) is 0.438. The molecule has 8 heteroatoms. The van der Waals surface area contributed by atoms with Crippen molar-refractivity contribution in [2.24, 2.45) is 0 Å². The molecule has 162 valence electrons. The minimum absolute atomic E-state index is 0.182. The molecule has 0 saturated heterocycles. The number of carbonyl (C=O) groups is 1. The molecule has 0 bridgehead atoms. The average molecular weight is 424 g/mol.